The SMILES string of the molecule is CN=C(NCc1ccnc(N2CCCCC2)c1)NCc1nc(C)c(C)o1. The summed E-state index contributed by atoms with van der Waals surface area (Å²) in [6.07, 6.45) is 5.71. The molecule has 2 aromatic heterocycles. The van der Waals surface area contributed by atoms with Crippen molar-refractivity contribution in [3.8, 4) is 0 Å². The van der Waals surface area contributed by atoms with Crippen LogP contribution in [0.15, 0.2) is 27.7 Å². The van der Waals surface area contributed by atoms with E-state index in [9.17, 15) is 0 Å². The first-order valence-electron chi connectivity index (χ1n) is 9.23. The summed E-state index contributed by atoms with van der Waals surface area (Å²) in [7, 11) is 1.76. The van der Waals surface area contributed by atoms with E-state index < -0.39 is 0 Å². The largest absolute Gasteiger partial charge is 0.444 e. The van der Waals surface area contributed by atoms with Gasteiger partial charge >= 0.3 is 0 Å². The summed E-state index contributed by atoms with van der Waals surface area (Å²) in [5, 5.41) is 6.56. The number of hydrogen-bond acceptors (Lipinski definition) is 5. The van der Waals surface area contributed by atoms with Gasteiger partial charge in [0.05, 0.1) is 12.2 Å². The average molecular weight is 356 g/mol. The fourth-order valence-corrected chi connectivity index (χ4v) is 3.05. The second-order valence-electron chi connectivity index (χ2n) is 6.60. The fourth-order valence-electron chi connectivity index (χ4n) is 3.05. The van der Waals surface area contributed by atoms with E-state index in [1.54, 1.807) is 7.05 Å². The van der Waals surface area contributed by atoms with Crippen LogP contribution in [0.2, 0.25) is 0 Å². The lowest BCUT2D eigenvalue weighted by atomic mass is 10.1. The van der Waals surface area contributed by atoms with E-state index in [2.05, 4.69) is 36.6 Å². The molecule has 0 radical (unpaired) electrons. The lowest BCUT2D eigenvalue weighted by Gasteiger charge is -2.28. The van der Waals surface area contributed by atoms with Gasteiger partial charge in [-0.25, -0.2) is 9.97 Å². The minimum atomic E-state index is 0.504. The molecule has 0 atom stereocenters. The number of rotatable bonds is 5. The second-order valence-corrected chi connectivity index (χ2v) is 6.60. The van der Waals surface area contributed by atoms with Gasteiger partial charge in [-0.2, -0.15) is 0 Å². The Morgan fingerprint density at radius 3 is 2.65 bits per heavy atom. The molecular formula is C19H28N6O. The van der Waals surface area contributed by atoms with Crippen molar-refractivity contribution < 1.29 is 4.42 Å². The Labute approximate surface area is 154 Å². The molecule has 0 aliphatic carbocycles. The van der Waals surface area contributed by atoms with Crippen LogP contribution >= 0.6 is 0 Å². The minimum Gasteiger partial charge on any atom is -0.444 e. The van der Waals surface area contributed by atoms with Gasteiger partial charge in [-0.15, -0.1) is 0 Å². The first kappa shape index (κ1) is 18.2. The van der Waals surface area contributed by atoms with Crippen LogP contribution in [-0.4, -0.2) is 36.1 Å². The second kappa shape index (κ2) is 8.69. The fraction of sp³-hybridized carbons (Fsp3) is 0.526. The van der Waals surface area contributed by atoms with Crippen molar-refractivity contribution in [2.45, 2.75) is 46.2 Å². The van der Waals surface area contributed by atoms with Crippen LogP contribution in [0.25, 0.3) is 0 Å². The molecule has 3 heterocycles. The maximum atomic E-state index is 5.58. The van der Waals surface area contributed by atoms with E-state index in [1.807, 2.05) is 26.1 Å². The van der Waals surface area contributed by atoms with Crippen LogP contribution in [0.4, 0.5) is 5.82 Å². The predicted molar refractivity (Wildman–Crippen MR) is 103 cm³/mol. The van der Waals surface area contributed by atoms with E-state index in [-0.39, 0.29) is 0 Å². The molecule has 140 valence electrons. The number of aliphatic imine (C=N–C) groups is 1. The Morgan fingerprint density at radius 2 is 1.96 bits per heavy atom. The number of nitrogens with one attached hydrogen (secondary N) is 2. The van der Waals surface area contributed by atoms with E-state index >= 15 is 0 Å². The molecule has 0 bridgehead atoms. The Kier molecular flexibility index (Phi) is 6.09. The Morgan fingerprint density at radius 1 is 1.19 bits per heavy atom. The molecule has 1 saturated heterocycles. The predicted octanol–water partition coefficient (Wildman–Crippen LogP) is 2.54. The van der Waals surface area contributed by atoms with Crippen LogP contribution in [-0.2, 0) is 13.1 Å². The van der Waals surface area contributed by atoms with E-state index in [4.69, 9.17) is 4.42 Å². The molecule has 0 spiro atoms. The highest BCUT2D eigenvalue weighted by Gasteiger charge is 2.12. The molecule has 7 nitrogen and oxygen atoms in total. The van der Waals surface area contributed by atoms with Gasteiger partial charge in [-0.1, -0.05) is 0 Å². The van der Waals surface area contributed by atoms with Crippen LogP contribution in [0.1, 0.15) is 42.2 Å². The van der Waals surface area contributed by atoms with E-state index in [1.165, 1.54) is 24.8 Å². The molecule has 1 fully saturated rings. The summed E-state index contributed by atoms with van der Waals surface area (Å²) in [4.78, 5) is 15.5. The zero-order chi connectivity index (χ0) is 18.4. The molecule has 0 unspecified atom stereocenters. The van der Waals surface area contributed by atoms with Gasteiger partial charge in [0.1, 0.15) is 11.6 Å². The van der Waals surface area contributed by atoms with Crippen LogP contribution < -0.4 is 15.5 Å². The number of piperidine rings is 1. The van der Waals surface area contributed by atoms with Crippen LogP contribution in [0, 0.1) is 13.8 Å². The number of pyridine rings is 1. The van der Waals surface area contributed by atoms with E-state index in [0.29, 0.717) is 19.0 Å². The Balaban J connectivity index is 1.53. The molecule has 2 N–H and O–H groups in total. The molecule has 1 aliphatic heterocycles. The molecular weight excluding hydrogens is 328 g/mol. The monoisotopic (exact) mass is 356 g/mol. The third-order valence-electron chi connectivity index (χ3n) is 4.65. The topological polar surface area (TPSA) is 78.6 Å². The van der Waals surface area contributed by atoms with Gasteiger partial charge in [0, 0.05) is 32.9 Å². The number of aryl methyl sites for hydroxylation is 2. The van der Waals surface area contributed by atoms with Crippen molar-refractivity contribution in [3.63, 3.8) is 0 Å². The highest BCUT2D eigenvalue weighted by molar-refractivity contribution is 5.79. The maximum absolute atomic E-state index is 5.58. The van der Waals surface area contributed by atoms with Crippen molar-refractivity contribution in [2.24, 2.45) is 4.99 Å². The van der Waals surface area contributed by atoms with Crippen molar-refractivity contribution >= 4 is 11.8 Å². The maximum Gasteiger partial charge on any atom is 0.214 e. The Bertz CT molecular complexity index is 729. The third-order valence-corrected chi connectivity index (χ3v) is 4.65. The quantitative estimate of drug-likeness (QED) is 0.633. The third kappa shape index (κ3) is 4.74. The smallest absolute Gasteiger partial charge is 0.214 e. The molecule has 2 aromatic rings. The normalized spacial score (nSPS) is 15.2. The number of guanidine groups is 1. The Hall–Kier alpha value is -2.57. The van der Waals surface area contributed by atoms with Gasteiger partial charge in [0.25, 0.3) is 0 Å². The zero-order valence-corrected chi connectivity index (χ0v) is 15.9. The molecule has 0 aromatic carbocycles. The molecule has 0 saturated carbocycles. The first-order chi connectivity index (χ1) is 12.7. The van der Waals surface area contributed by atoms with Crippen LogP contribution in [0.3, 0.4) is 0 Å². The van der Waals surface area contributed by atoms with Gasteiger partial charge in [0.2, 0.25) is 5.89 Å². The summed E-state index contributed by atoms with van der Waals surface area (Å²) in [5.41, 5.74) is 2.11. The highest BCUT2D eigenvalue weighted by atomic mass is 16.4. The van der Waals surface area contributed by atoms with E-state index in [0.717, 1.165) is 36.3 Å². The lowest BCUT2D eigenvalue weighted by Crippen LogP contribution is -2.36. The van der Waals surface area contributed by atoms with Crippen molar-refractivity contribution in [3.05, 3.63) is 41.2 Å². The summed E-state index contributed by atoms with van der Waals surface area (Å²) < 4.78 is 5.58. The summed E-state index contributed by atoms with van der Waals surface area (Å²) in [6.45, 7) is 7.25. The highest BCUT2D eigenvalue weighted by Crippen LogP contribution is 2.18. The number of aromatic nitrogens is 2. The number of oxazole rings is 1. The van der Waals surface area contributed by atoms with Gasteiger partial charge < -0.3 is 20.0 Å². The number of hydrogen-bond donors (Lipinski definition) is 2. The molecule has 1 aliphatic rings. The van der Waals surface area contributed by atoms with Crippen molar-refractivity contribution in [1.29, 1.82) is 0 Å². The summed E-state index contributed by atoms with van der Waals surface area (Å²) >= 11 is 0. The molecule has 0 amide bonds. The molecule has 7 heteroatoms. The average Bonchev–Trinajstić information content (AvgIpc) is 3.00. The summed E-state index contributed by atoms with van der Waals surface area (Å²) in [6, 6.07) is 4.20. The lowest BCUT2D eigenvalue weighted by molar-refractivity contribution is 0.463. The molecule has 26 heavy (non-hydrogen) atoms. The standard InChI is InChI=1S/C19H28N6O/c1-14-15(2)26-18(24-14)13-23-19(20-3)22-12-16-7-8-21-17(11-16)25-9-5-4-6-10-25/h7-8,11H,4-6,9-10,12-13H2,1-3H3,(H2,20,22,23). The zero-order valence-electron chi connectivity index (χ0n) is 15.9. The molecule has 3 rings (SSSR count). The first-order valence-corrected chi connectivity index (χ1v) is 9.23. The minimum absolute atomic E-state index is 0.504. The van der Waals surface area contributed by atoms with Gasteiger partial charge in [-0.3, -0.25) is 4.99 Å². The van der Waals surface area contributed by atoms with Crippen molar-refractivity contribution in [1.82, 2.24) is 20.6 Å². The van der Waals surface area contributed by atoms with Crippen molar-refractivity contribution in [2.75, 3.05) is 25.0 Å². The summed E-state index contributed by atoms with van der Waals surface area (Å²) in [5.74, 6) is 3.30. The number of nitrogens with zero attached hydrogens (tertiary/aromatic N) is 4. The van der Waals surface area contributed by atoms with Gasteiger partial charge in [0.15, 0.2) is 5.96 Å². The van der Waals surface area contributed by atoms with Crippen LogP contribution in [0.5, 0.6) is 0 Å². The van der Waals surface area contributed by atoms with Gasteiger partial charge in [-0.05, 0) is 50.8 Å². The number of anilines is 1.